The Morgan fingerprint density at radius 2 is 2.17 bits per heavy atom. The number of methoxy groups -OCH3 is 1. The highest BCUT2D eigenvalue weighted by atomic mass is 16.5. The molecule has 2 aromatic rings. The Morgan fingerprint density at radius 3 is 2.93 bits per heavy atom. The molecule has 1 fully saturated rings. The van der Waals surface area contributed by atoms with Gasteiger partial charge in [0.2, 0.25) is 11.8 Å². The SMILES string of the molecule is COc1ccccc1/C=C/CN1CCNC(=O)C1CC(=O)N(C)Cc1cccnc1. The number of nitrogens with zero attached hydrogens (tertiary/aromatic N) is 3. The molecule has 7 heteroatoms. The highest BCUT2D eigenvalue weighted by molar-refractivity contribution is 5.88. The van der Waals surface area contributed by atoms with Crippen molar-refractivity contribution >= 4 is 17.9 Å². The van der Waals surface area contributed by atoms with Gasteiger partial charge in [-0.15, -0.1) is 0 Å². The van der Waals surface area contributed by atoms with E-state index in [0.29, 0.717) is 26.2 Å². The first-order chi connectivity index (χ1) is 14.6. The summed E-state index contributed by atoms with van der Waals surface area (Å²) in [7, 11) is 3.40. The Balaban J connectivity index is 1.62. The lowest BCUT2D eigenvalue weighted by Gasteiger charge is -2.34. The number of para-hydroxylation sites is 1. The number of pyridine rings is 1. The molecule has 0 spiro atoms. The molecule has 30 heavy (non-hydrogen) atoms. The van der Waals surface area contributed by atoms with Crippen LogP contribution < -0.4 is 10.1 Å². The molecule has 0 bridgehead atoms. The van der Waals surface area contributed by atoms with Crippen molar-refractivity contribution in [2.75, 3.05) is 33.8 Å². The van der Waals surface area contributed by atoms with Crippen LogP contribution in [0.1, 0.15) is 17.5 Å². The summed E-state index contributed by atoms with van der Waals surface area (Å²) in [5.74, 6) is 0.628. The Bertz CT molecular complexity index is 885. The van der Waals surface area contributed by atoms with E-state index >= 15 is 0 Å². The second-order valence-corrected chi connectivity index (χ2v) is 7.26. The predicted octanol–water partition coefficient (Wildman–Crippen LogP) is 1.95. The third-order valence-corrected chi connectivity index (χ3v) is 5.15. The molecule has 1 saturated heterocycles. The van der Waals surface area contributed by atoms with E-state index < -0.39 is 6.04 Å². The van der Waals surface area contributed by atoms with Crippen LogP contribution in [0, 0.1) is 0 Å². The second kappa shape index (κ2) is 10.5. The zero-order valence-corrected chi connectivity index (χ0v) is 17.5. The van der Waals surface area contributed by atoms with Gasteiger partial charge >= 0.3 is 0 Å². The molecular formula is C23H28N4O3. The van der Waals surface area contributed by atoms with E-state index in [0.717, 1.165) is 16.9 Å². The van der Waals surface area contributed by atoms with Crippen molar-refractivity contribution in [1.82, 2.24) is 20.1 Å². The fourth-order valence-corrected chi connectivity index (χ4v) is 3.50. The fourth-order valence-electron chi connectivity index (χ4n) is 3.50. The van der Waals surface area contributed by atoms with Gasteiger partial charge in [-0.05, 0) is 17.7 Å². The maximum Gasteiger partial charge on any atom is 0.237 e. The van der Waals surface area contributed by atoms with E-state index in [9.17, 15) is 9.59 Å². The number of amides is 2. The highest BCUT2D eigenvalue weighted by Crippen LogP contribution is 2.19. The van der Waals surface area contributed by atoms with Crippen molar-refractivity contribution < 1.29 is 14.3 Å². The lowest BCUT2D eigenvalue weighted by molar-refractivity contribution is -0.138. The van der Waals surface area contributed by atoms with Crippen LogP contribution in [0.25, 0.3) is 6.08 Å². The van der Waals surface area contributed by atoms with E-state index in [-0.39, 0.29) is 18.2 Å². The monoisotopic (exact) mass is 408 g/mol. The fraction of sp³-hybridized carbons (Fsp3) is 0.348. The molecule has 0 aliphatic carbocycles. The molecule has 1 N–H and O–H groups in total. The quantitative estimate of drug-likeness (QED) is 0.723. The summed E-state index contributed by atoms with van der Waals surface area (Å²) in [5, 5.41) is 2.88. The van der Waals surface area contributed by atoms with Gasteiger partial charge in [0.15, 0.2) is 0 Å². The Labute approximate surface area is 177 Å². The van der Waals surface area contributed by atoms with Gasteiger partial charge in [0.05, 0.1) is 19.6 Å². The standard InChI is InChI=1S/C23H28N4O3/c1-26(17-18-7-5-11-24-16-18)22(28)15-20-23(29)25-12-14-27(20)13-6-9-19-8-3-4-10-21(19)30-2/h3-11,16,20H,12-15,17H2,1-2H3,(H,25,29)/b9-6+. The lowest BCUT2D eigenvalue weighted by Crippen LogP contribution is -2.56. The molecule has 1 aliphatic heterocycles. The molecule has 1 aromatic carbocycles. The van der Waals surface area contributed by atoms with Gasteiger partial charge in [0.1, 0.15) is 5.75 Å². The zero-order chi connectivity index (χ0) is 21.3. The number of ether oxygens (including phenoxy) is 1. The van der Waals surface area contributed by atoms with Gasteiger partial charge in [-0.25, -0.2) is 0 Å². The smallest absolute Gasteiger partial charge is 0.237 e. The van der Waals surface area contributed by atoms with Crippen LogP contribution in [-0.4, -0.2) is 66.4 Å². The van der Waals surface area contributed by atoms with Crippen molar-refractivity contribution in [2.24, 2.45) is 0 Å². The number of hydrogen-bond acceptors (Lipinski definition) is 5. The topological polar surface area (TPSA) is 74.8 Å². The van der Waals surface area contributed by atoms with E-state index in [1.807, 2.05) is 53.5 Å². The molecule has 2 amide bonds. The number of nitrogens with one attached hydrogen (secondary N) is 1. The molecule has 158 valence electrons. The molecule has 0 saturated carbocycles. The third-order valence-electron chi connectivity index (χ3n) is 5.15. The van der Waals surface area contributed by atoms with Gasteiger partial charge in [0, 0.05) is 51.2 Å². The van der Waals surface area contributed by atoms with Crippen molar-refractivity contribution in [2.45, 2.75) is 19.0 Å². The molecule has 3 rings (SSSR count). The number of carbonyl (C=O) groups excluding carboxylic acids is 2. The van der Waals surface area contributed by atoms with Crippen LogP contribution >= 0.6 is 0 Å². The van der Waals surface area contributed by atoms with Crippen molar-refractivity contribution in [3.63, 3.8) is 0 Å². The molecule has 7 nitrogen and oxygen atoms in total. The van der Waals surface area contributed by atoms with E-state index in [1.54, 1.807) is 31.5 Å². The van der Waals surface area contributed by atoms with Gasteiger partial charge in [-0.2, -0.15) is 0 Å². The van der Waals surface area contributed by atoms with Gasteiger partial charge in [-0.1, -0.05) is 36.4 Å². The van der Waals surface area contributed by atoms with Crippen LogP contribution in [0.15, 0.2) is 54.9 Å². The zero-order valence-electron chi connectivity index (χ0n) is 17.5. The number of carbonyl (C=O) groups is 2. The maximum absolute atomic E-state index is 12.7. The minimum absolute atomic E-state index is 0.0698. The summed E-state index contributed by atoms with van der Waals surface area (Å²) >= 11 is 0. The van der Waals surface area contributed by atoms with Crippen LogP contribution in [-0.2, 0) is 16.1 Å². The maximum atomic E-state index is 12.7. The van der Waals surface area contributed by atoms with Crippen molar-refractivity contribution in [3.8, 4) is 5.75 Å². The Kier molecular flexibility index (Phi) is 7.57. The van der Waals surface area contributed by atoms with Gasteiger partial charge in [0.25, 0.3) is 0 Å². The van der Waals surface area contributed by atoms with Crippen LogP contribution in [0.2, 0.25) is 0 Å². The number of piperazine rings is 1. The predicted molar refractivity (Wildman–Crippen MR) is 116 cm³/mol. The molecule has 1 aromatic heterocycles. The van der Waals surface area contributed by atoms with Gasteiger partial charge in [-0.3, -0.25) is 19.5 Å². The van der Waals surface area contributed by atoms with Crippen LogP contribution in [0.5, 0.6) is 5.75 Å². The van der Waals surface area contributed by atoms with E-state index in [2.05, 4.69) is 10.3 Å². The summed E-state index contributed by atoms with van der Waals surface area (Å²) in [6, 6.07) is 11.1. The molecule has 1 aliphatic rings. The summed E-state index contributed by atoms with van der Waals surface area (Å²) in [5.41, 5.74) is 1.93. The average molecular weight is 409 g/mol. The number of aromatic nitrogens is 1. The lowest BCUT2D eigenvalue weighted by atomic mass is 10.1. The third kappa shape index (κ3) is 5.67. The Morgan fingerprint density at radius 1 is 1.33 bits per heavy atom. The average Bonchev–Trinajstić information content (AvgIpc) is 2.76. The number of hydrogen-bond donors (Lipinski definition) is 1. The first-order valence-corrected chi connectivity index (χ1v) is 10.0. The first-order valence-electron chi connectivity index (χ1n) is 10.0. The summed E-state index contributed by atoms with van der Waals surface area (Å²) in [6.07, 6.45) is 7.58. The normalized spacial score (nSPS) is 17.0. The minimum Gasteiger partial charge on any atom is -0.496 e. The molecule has 1 unspecified atom stereocenters. The highest BCUT2D eigenvalue weighted by Gasteiger charge is 2.31. The summed E-state index contributed by atoms with van der Waals surface area (Å²) in [4.78, 5) is 33.0. The number of benzene rings is 1. The van der Waals surface area contributed by atoms with Crippen molar-refractivity contribution in [1.29, 1.82) is 0 Å². The largest absolute Gasteiger partial charge is 0.496 e. The summed E-state index contributed by atoms with van der Waals surface area (Å²) in [6.45, 7) is 2.33. The first kappa shape index (κ1) is 21.5. The minimum atomic E-state index is -0.482. The van der Waals surface area contributed by atoms with Gasteiger partial charge < -0.3 is 15.0 Å². The number of rotatable bonds is 8. The summed E-state index contributed by atoms with van der Waals surface area (Å²) < 4.78 is 5.37. The molecule has 2 heterocycles. The Hall–Kier alpha value is -3.19. The van der Waals surface area contributed by atoms with Crippen LogP contribution in [0.3, 0.4) is 0 Å². The van der Waals surface area contributed by atoms with E-state index in [1.165, 1.54) is 0 Å². The molecule has 1 atom stereocenters. The molecular weight excluding hydrogens is 380 g/mol. The van der Waals surface area contributed by atoms with Crippen LogP contribution in [0.4, 0.5) is 0 Å². The van der Waals surface area contributed by atoms with E-state index in [4.69, 9.17) is 4.74 Å². The van der Waals surface area contributed by atoms with Crippen molar-refractivity contribution in [3.05, 3.63) is 66.0 Å². The molecule has 0 radical (unpaired) electrons. The second-order valence-electron chi connectivity index (χ2n) is 7.26.